The highest BCUT2D eigenvalue weighted by Gasteiger charge is 2.44. The van der Waals surface area contributed by atoms with Gasteiger partial charge < -0.3 is 35.4 Å². The molecule has 8 atom stereocenters. The van der Waals surface area contributed by atoms with E-state index in [4.69, 9.17) is 9.47 Å². The number of rotatable bonds is 6. The molecule has 9 nitrogen and oxygen atoms in total. The molecule has 0 aromatic carbocycles. The van der Waals surface area contributed by atoms with Gasteiger partial charge in [0.1, 0.15) is 18.3 Å². The zero-order chi connectivity index (χ0) is 18.8. The number of aliphatic hydroxyl groups is 3. The SMILES string of the molecule is C[C@@H]1O[C@H](OC(=O)CCCCC2SC[C@@H]3NC(=O)N[C@H]23)[C@@H](O)[C@H](O)[C@@H]1O. The van der Waals surface area contributed by atoms with E-state index in [9.17, 15) is 24.9 Å². The largest absolute Gasteiger partial charge is 0.433 e. The number of esters is 1. The van der Waals surface area contributed by atoms with Crippen molar-refractivity contribution in [2.24, 2.45) is 0 Å². The zero-order valence-electron chi connectivity index (χ0n) is 14.5. The van der Waals surface area contributed by atoms with Gasteiger partial charge in [0.05, 0.1) is 18.2 Å². The first-order chi connectivity index (χ1) is 12.4. The number of carbonyl (C=O) groups excluding carboxylic acids is 2. The first-order valence-corrected chi connectivity index (χ1v) is 9.99. The number of urea groups is 1. The lowest BCUT2D eigenvalue weighted by Crippen LogP contribution is -2.57. The highest BCUT2D eigenvalue weighted by atomic mass is 32.2. The van der Waals surface area contributed by atoms with E-state index < -0.39 is 36.7 Å². The summed E-state index contributed by atoms with van der Waals surface area (Å²) in [6.07, 6.45) is -3.62. The van der Waals surface area contributed by atoms with Crippen LogP contribution in [-0.2, 0) is 14.3 Å². The van der Waals surface area contributed by atoms with Crippen LogP contribution in [0, 0.1) is 0 Å². The molecule has 26 heavy (non-hydrogen) atoms. The van der Waals surface area contributed by atoms with Gasteiger partial charge in [0.2, 0.25) is 6.29 Å². The van der Waals surface area contributed by atoms with Crippen LogP contribution in [0.15, 0.2) is 0 Å². The predicted octanol–water partition coefficient (Wildman–Crippen LogP) is -0.917. The van der Waals surface area contributed by atoms with Crippen molar-refractivity contribution >= 4 is 23.8 Å². The van der Waals surface area contributed by atoms with E-state index in [1.807, 2.05) is 11.8 Å². The van der Waals surface area contributed by atoms with Crippen molar-refractivity contribution in [3.63, 3.8) is 0 Å². The Labute approximate surface area is 155 Å². The molecule has 0 spiro atoms. The summed E-state index contributed by atoms with van der Waals surface area (Å²) in [4.78, 5) is 23.3. The Morgan fingerprint density at radius 2 is 2.00 bits per heavy atom. The lowest BCUT2D eigenvalue weighted by Gasteiger charge is -2.38. The van der Waals surface area contributed by atoms with Crippen molar-refractivity contribution in [1.29, 1.82) is 0 Å². The highest BCUT2D eigenvalue weighted by molar-refractivity contribution is 8.00. The molecule has 3 saturated heterocycles. The van der Waals surface area contributed by atoms with E-state index in [1.54, 1.807) is 0 Å². The summed E-state index contributed by atoms with van der Waals surface area (Å²) in [6, 6.07) is 0.234. The van der Waals surface area contributed by atoms with Gasteiger partial charge in [-0.1, -0.05) is 6.42 Å². The number of hydrogen-bond donors (Lipinski definition) is 5. The van der Waals surface area contributed by atoms with Gasteiger partial charge in [0.25, 0.3) is 0 Å². The molecule has 10 heteroatoms. The van der Waals surface area contributed by atoms with Gasteiger partial charge in [-0.2, -0.15) is 11.8 Å². The number of unbranched alkanes of at least 4 members (excludes halogenated alkanes) is 1. The molecule has 1 unspecified atom stereocenters. The monoisotopic (exact) mass is 390 g/mol. The van der Waals surface area contributed by atoms with Gasteiger partial charge in [0, 0.05) is 17.4 Å². The molecule has 0 aromatic rings. The fraction of sp³-hybridized carbons (Fsp3) is 0.875. The third kappa shape index (κ3) is 4.25. The normalized spacial score (nSPS) is 42.1. The Morgan fingerprint density at radius 3 is 2.77 bits per heavy atom. The summed E-state index contributed by atoms with van der Waals surface area (Å²) >= 11 is 1.83. The van der Waals surface area contributed by atoms with Crippen molar-refractivity contribution in [2.75, 3.05) is 5.75 Å². The Hall–Kier alpha value is -1.07. The number of amides is 2. The number of carbonyl (C=O) groups is 2. The molecule has 0 bridgehead atoms. The predicted molar refractivity (Wildman–Crippen MR) is 92.4 cm³/mol. The maximum Gasteiger partial charge on any atom is 0.315 e. The van der Waals surface area contributed by atoms with Gasteiger partial charge in [-0.15, -0.1) is 0 Å². The highest BCUT2D eigenvalue weighted by Crippen LogP contribution is 2.33. The minimum Gasteiger partial charge on any atom is -0.433 e. The summed E-state index contributed by atoms with van der Waals surface area (Å²) in [6.45, 7) is 1.53. The van der Waals surface area contributed by atoms with Crippen LogP contribution in [-0.4, -0.2) is 81.1 Å². The summed E-state index contributed by atoms with van der Waals surface area (Å²) in [5.74, 6) is 0.386. The molecule has 5 N–H and O–H groups in total. The molecule has 0 aromatic heterocycles. The van der Waals surface area contributed by atoms with Crippen molar-refractivity contribution < 1.29 is 34.4 Å². The van der Waals surface area contributed by atoms with E-state index in [-0.39, 0.29) is 24.5 Å². The quantitative estimate of drug-likeness (QED) is 0.223. The molecule has 3 aliphatic heterocycles. The molecule has 148 valence electrons. The fourth-order valence-corrected chi connectivity index (χ4v) is 5.10. The summed E-state index contributed by atoms with van der Waals surface area (Å²) in [5, 5.41) is 35.4. The first kappa shape index (κ1) is 19.7. The zero-order valence-corrected chi connectivity index (χ0v) is 15.4. The standard InChI is InChI=1S/C16H26N2O7S/c1-7-12(20)13(21)14(22)15(24-7)25-10(19)5-3-2-4-9-11-8(6-26-9)17-16(23)18-11/h7-9,11-15,20-22H,2-6H2,1H3,(H2,17,18,23)/t7-,8-,9?,11-,12+,13+,14-,15+/m0/s1. The molecule has 0 radical (unpaired) electrons. The number of nitrogens with one attached hydrogen (secondary N) is 2. The van der Waals surface area contributed by atoms with Crippen molar-refractivity contribution in [1.82, 2.24) is 10.6 Å². The van der Waals surface area contributed by atoms with Crippen molar-refractivity contribution in [3.8, 4) is 0 Å². The van der Waals surface area contributed by atoms with Crippen LogP contribution >= 0.6 is 11.8 Å². The van der Waals surface area contributed by atoms with Crippen LogP contribution in [0.4, 0.5) is 4.79 Å². The molecule has 2 amide bonds. The molecule has 0 saturated carbocycles. The second kappa shape index (κ2) is 8.30. The summed E-state index contributed by atoms with van der Waals surface area (Å²) in [7, 11) is 0. The van der Waals surface area contributed by atoms with E-state index in [1.165, 1.54) is 6.92 Å². The Kier molecular flexibility index (Phi) is 6.29. The maximum atomic E-state index is 11.9. The molecular formula is C16H26N2O7S. The van der Waals surface area contributed by atoms with E-state index in [2.05, 4.69) is 10.6 Å². The van der Waals surface area contributed by atoms with Gasteiger partial charge in [-0.05, 0) is 19.8 Å². The van der Waals surface area contributed by atoms with E-state index >= 15 is 0 Å². The van der Waals surface area contributed by atoms with Gasteiger partial charge in [0.15, 0.2) is 0 Å². The third-order valence-corrected chi connectivity index (χ3v) is 6.62. The molecular weight excluding hydrogens is 364 g/mol. The third-order valence-electron chi connectivity index (χ3n) is 5.11. The summed E-state index contributed by atoms with van der Waals surface area (Å²) in [5.41, 5.74) is 0. The molecule has 3 rings (SSSR count). The Balaban J connectivity index is 1.35. The van der Waals surface area contributed by atoms with Crippen LogP contribution in [0.25, 0.3) is 0 Å². The molecule has 3 fully saturated rings. The number of fused-ring (bicyclic) bond motifs is 1. The van der Waals surface area contributed by atoms with Gasteiger partial charge >= 0.3 is 12.0 Å². The Morgan fingerprint density at radius 1 is 1.23 bits per heavy atom. The minimum atomic E-state index is -1.48. The Bertz CT molecular complexity index is 537. The lowest BCUT2D eigenvalue weighted by atomic mass is 10.00. The van der Waals surface area contributed by atoms with E-state index in [0.717, 1.165) is 18.6 Å². The van der Waals surface area contributed by atoms with Crippen molar-refractivity contribution in [2.45, 2.75) is 80.6 Å². The number of thioether (sulfide) groups is 1. The number of hydrogen-bond acceptors (Lipinski definition) is 8. The first-order valence-electron chi connectivity index (χ1n) is 8.94. The average Bonchev–Trinajstić information content (AvgIpc) is 3.14. The number of aliphatic hydroxyl groups excluding tert-OH is 3. The van der Waals surface area contributed by atoms with Crippen LogP contribution in [0.2, 0.25) is 0 Å². The lowest BCUT2D eigenvalue weighted by molar-refractivity contribution is -0.284. The maximum absolute atomic E-state index is 11.9. The fourth-order valence-electron chi connectivity index (χ4n) is 3.56. The van der Waals surface area contributed by atoms with Gasteiger partial charge in [-0.3, -0.25) is 4.79 Å². The average molecular weight is 390 g/mol. The molecule has 0 aliphatic carbocycles. The molecule has 3 aliphatic rings. The smallest absolute Gasteiger partial charge is 0.315 e. The van der Waals surface area contributed by atoms with Crippen LogP contribution in [0.5, 0.6) is 0 Å². The van der Waals surface area contributed by atoms with Crippen LogP contribution in [0.1, 0.15) is 32.6 Å². The van der Waals surface area contributed by atoms with E-state index in [0.29, 0.717) is 11.7 Å². The minimum absolute atomic E-state index is 0.110. The molecule has 3 heterocycles. The number of ether oxygens (including phenoxy) is 2. The van der Waals surface area contributed by atoms with Crippen molar-refractivity contribution in [3.05, 3.63) is 0 Å². The second-order valence-corrected chi connectivity index (χ2v) is 8.31. The topological polar surface area (TPSA) is 137 Å². The summed E-state index contributed by atoms with van der Waals surface area (Å²) < 4.78 is 10.3. The van der Waals surface area contributed by atoms with Crippen LogP contribution < -0.4 is 10.6 Å². The second-order valence-electron chi connectivity index (χ2n) is 7.04. The van der Waals surface area contributed by atoms with Crippen LogP contribution in [0.3, 0.4) is 0 Å². The van der Waals surface area contributed by atoms with Gasteiger partial charge in [-0.25, -0.2) is 4.79 Å².